The zero-order valence-corrected chi connectivity index (χ0v) is 11.7. The molecule has 1 fully saturated rings. The fourth-order valence-electron chi connectivity index (χ4n) is 1.77. The Morgan fingerprint density at radius 2 is 2.32 bits per heavy atom. The van der Waals surface area contributed by atoms with Crippen LogP contribution in [0, 0.1) is 5.82 Å². The first-order valence-corrected chi connectivity index (χ1v) is 6.59. The first-order valence-electron chi connectivity index (χ1n) is 5.79. The van der Waals surface area contributed by atoms with Gasteiger partial charge in [-0.3, -0.25) is 9.59 Å². The zero-order chi connectivity index (χ0) is 13.8. The number of rotatable bonds is 3. The molecule has 102 valence electrons. The molecule has 1 aliphatic heterocycles. The summed E-state index contributed by atoms with van der Waals surface area (Å²) in [5.74, 6) is -0.829. The predicted octanol–water partition coefficient (Wildman–Crippen LogP) is 0.958. The zero-order valence-electron chi connectivity index (χ0n) is 10.1. The molecule has 0 aliphatic carbocycles. The summed E-state index contributed by atoms with van der Waals surface area (Å²) >= 11 is 3.16. The lowest BCUT2D eigenvalue weighted by Gasteiger charge is -2.26. The van der Waals surface area contributed by atoms with Gasteiger partial charge in [0.05, 0.1) is 18.8 Å². The van der Waals surface area contributed by atoms with Gasteiger partial charge in [0.1, 0.15) is 5.82 Å². The van der Waals surface area contributed by atoms with Crippen molar-refractivity contribution >= 4 is 33.4 Å². The Morgan fingerprint density at radius 1 is 1.53 bits per heavy atom. The van der Waals surface area contributed by atoms with Gasteiger partial charge in [0.25, 0.3) is 0 Å². The Bertz CT molecular complexity index is 510. The van der Waals surface area contributed by atoms with E-state index in [9.17, 15) is 14.0 Å². The number of amides is 2. The molecular weight excluding hydrogens is 317 g/mol. The average molecular weight is 330 g/mol. The normalized spacial score (nSPS) is 15.1. The van der Waals surface area contributed by atoms with Gasteiger partial charge in [-0.2, -0.15) is 0 Å². The van der Waals surface area contributed by atoms with E-state index in [4.69, 9.17) is 0 Å². The van der Waals surface area contributed by atoms with Crippen LogP contribution in [0.1, 0.15) is 0 Å². The third-order valence-electron chi connectivity index (χ3n) is 2.75. The van der Waals surface area contributed by atoms with Gasteiger partial charge in [-0.05, 0) is 18.2 Å². The van der Waals surface area contributed by atoms with Gasteiger partial charge in [0.2, 0.25) is 11.8 Å². The number of nitrogens with one attached hydrogen (secondary N) is 2. The van der Waals surface area contributed by atoms with E-state index in [-0.39, 0.29) is 30.6 Å². The summed E-state index contributed by atoms with van der Waals surface area (Å²) in [6.07, 6.45) is 0. The van der Waals surface area contributed by atoms with E-state index >= 15 is 0 Å². The minimum atomic E-state index is -0.432. The minimum Gasteiger partial charge on any atom is -0.374 e. The van der Waals surface area contributed by atoms with Crippen LogP contribution in [0.3, 0.4) is 0 Å². The molecule has 5 nitrogen and oxygen atoms in total. The Morgan fingerprint density at radius 3 is 3.00 bits per heavy atom. The molecule has 0 spiro atoms. The predicted molar refractivity (Wildman–Crippen MR) is 72.2 cm³/mol. The molecule has 0 saturated carbocycles. The average Bonchev–Trinajstić information content (AvgIpc) is 2.37. The van der Waals surface area contributed by atoms with Crippen molar-refractivity contribution in [2.45, 2.75) is 0 Å². The van der Waals surface area contributed by atoms with Gasteiger partial charge < -0.3 is 15.5 Å². The van der Waals surface area contributed by atoms with Crippen LogP contribution in [0.2, 0.25) is 0 Å². The third-order valence-corrected chi connectivity index (χ3v) is 3.25. The molecule has 0 aromatic heterocycles. The molecule has 0 unspecified atom stereocenters. The van der Waals surface area contributed by atoms with Crippen molar-refractivity contribution in [2.24, 2.45) is 0 Å². The first kappa shape index (κ1) is 13.8. The van der Waals surface area contributed by atoms with Crippen molar-refractivity contribution in [3.8, 4) is 0 Å². The topological polar surface area (TPSA) is 61.4 Å². The van der Waals surface area contributed by atoms with Crippen LogP contribution >= 0.6 is 15.9 Å². The molecule has 1 aromatic rings. The van der Waals surface area contributed by atoms with Crippen LogP contribution in [0.15, 0.2) is 22.7 Å². The maximum atomic E-state index is 13.5. The number of carbonyl (C=O) groups is 2. The van der Waals surface area contributed by atoms with Crippen molar-refractivity contribution in [1.82, 2.24) is 10.2 Å². The largest absolute Gasteiger partial charge is 0.374 e. The number of benzene rings is 1. The highest BCUT2D eigenvalue weighted by Gasteiger charge is 2.20. The molecule has 0 radical (unpaired) electrons. The molecule has 7 heteroatoms. The quantitative estimate of drug-likeness (QED) is 0.868. The van der Waals surface area contributed by atoms with Crippen LogP contribution in [0.4, 0.5) is 10.1 Å². The van der Waals surface area contributed by atoms with Gasteiger partial charge in [0, 0.05) is 17.6 Å². The second-order valence-electron chi connectivity index (χ2n) is 4.14. The maximum absolute atomic E-state index is 13.5. The smallest absolute Gasteiger partial charge is 0.242 e. The molecule has 0 bridgehead atoms. The van der Waals surface area contributed by atoms with E-state index in [0.29, 0.717) is 17.6 Å². The molecule has 2 amide bonds. The van der Waals surface area contributed by atoms with E-state index in [2.05, 4.69) is 26.6 Å². The van der Waals surface area contributed by atoms with Crippen molar-refractivity contribution in [3.63, 3.8) is 0 Å². The lowest BCUT2D eigenvalue weighted by atomic mass is 10.3. The summed E-state index contributed by atoms with van der Waals surface area (Å²) in [4.78, 5) is 24.4. The Balaban J connectivity index is 1.91. The molecule has 1 heterocycles. The van der Waals surface area contributed by atoms with E-state index in [1.54, 1.807) is 12.1 Å². The second kappa shape index (κ2) is 6.01. The summed E-state index contributed by atoms with van der Waals surface area (Å²) in [6, 6.07) is 4.56. The van der Waals surface area contributed by atoms with Crippen molar-refractivity contribution in [3.05, 3.63) is 28.5 Å². The number of carbonyl (C=O) groups excluding carboxylic acids is 2. The highest BCUT2D eigenvalue weighted by Crippen LogP contribution is 2.19. The number of anilines is 1. The number of halogens is 2. The minimum absolute atomic E-state index is 0.0359. The number of nitrogens with zero attached hydrogens (tertiary/aromatic N) is 1. The molecule has 2 N–H and O–H groups in total. The van der Waals surface area contributed by atoms with Crippen LogP contribution in [0.5, 0.6) is 0 Å². The van der Waals surface area contributed by atoms with Crippen molar-refractivity contribution in [1.29, 1.82) is 0 Å². The highest BCUT2D eigenvalue weighted by atomic mass is 79.9. The van der Waals surface area contributed by atoms with Gasteiger partial charge in [0.15, 0.2) is 0 Å². The number of piperazine rings is 1. The van der Waals surface area contributed by atoms with Crippen LogP contribution < -0.4 is 10.6 Å². The maximum Gasteiger partial charge on any atom is 0.242 e. The Hall–Kier alpha value is -1.63. The van der Waals surface area contributed by atoms with E-state index in [1.165, 1.54) is 11.0 Å². The van der Waals surface area contributed by atoms with Crippen LogP contribution in [0.25, 0.3) is 0 Å². The Labute approximate surface area is 118 Å². The molecule has 1 saturated heterocycles. The monoisotopic (exact) mass is 329 g/mol. The van der Waals surface area contributed by atoms with Crippen LogP contribution in [-0.2, 0) is 9.59 Å². The lowest BCUT2D eigenvalue weighted by Crippen LogP contribution is -2.51. The highest BCUT2D eigenvalue weighted by molar-refractivity contribution is 9.10. The Kier molecular flexibility index (Phi) is 4.36. The molecule has 1 aliphatic rings. The molecule has 1 aromatic carbocycles. The van der Waals surface area contributed by atoms with Gasteiger partial charge in [-0.15, -0.1) is 0 Å². The SMILES string of the molecule is O=C1CN(C(=O)CNc2ccc(Br)cc2F)CCN1. The van der Waals surface area contributed by atoms with Crippen molar-refractivity contribution < 1.29 is 14.0 Å². The van der Waals surface area contributed by atoms with E-state index in [0.717, 1.165) is 0 Å². The number of hydrogen-bond acceptors (Lipinski definition) is 3. The van der Waals surface area contributed by atoms with Gasteiger partial charge in [-0.1, -0.05) is 15.9 Å². The summed E-state index contributed by atoms with van der Waals surface area (Å²) in [6.45, 7) is 0.960. The van der Waals surface area contributed by atoms with Gasteiger partial charge in [-0.25, -0.2) is 4.39 Å². The standard InChI is InChI=1S/C12H13BrFN3O2/c13-8-1-2-10(9(14)5-8)16-6-12(19)17-4-3-15-11(18)7-17/h1-2,5,16H,3-4,6-7H2,(H,15,18). The summed E-state index contributed by atoms with van der Waals surface area (Å²) in [5.41, 5.74) is 0.262. The fraction of sp³-hybridized carbons (Fsp3) is 0.333. The summed E-state index contributed by atoms with van der Waals surface area (Å²) in [7, 11) is 0. The third kappa shape index (κ3) is 3.66. The summed E-state index contributed by atoms with van der Waals surface area (Å²) < 4.78 is 14.2. The molecule has 0 atom stereocenters. The first-order chi connectivity index (χ1) is 9.06. The lowest BCUT2D eigenvalue weighted by molar-refractivity contribution is -0.136. The van der Waals surface area contributed by atoms with E-state index in [1.807, 2.05) is 0 Å². The second-order valence-corrected chi connectivity index (χ2v) is 5.06. The summed E-state index contributed by atoms with van der Waals surface area (Å²) in [5, 5.41) is 5.37. The van der Waals surface area contributed by atoms with Gasteiger partial charge >= 0.3 is 0 Å². The van der Waals surface area contributed by atoms with Crippen LogP contribution in [-0.4, -0.2) is 42.9 Å². The van der Waals surface area contributed by atoms with Crippen molar-refractivity contribution in [2.75, 3.05) is 31.5 Å². The van der Waals surface area contributed by atoms with E-state index < -0.39 is 5.82 Å². The fourth-order valence-corrected chi connectivity index (χ4v) is 2.10. The molecular formula is C12H13BrFN3O2. The molecule has 19 heavy (non-hydrogen) atoms. The number of hydrogen-bond donors (Lipinski definition) is 2. The molecule has 2 rings (SSSR count).